The summed E-state index contributed by atoms with van der Waals surface area (Å²) in [5.74, 6) is 0.0596. The normalized spacial score (nSPS) is 10.7. The van der Waals surface area contributed by atoms with Crippen LogP contribution in [-0.4, -0.2) is 14.8 Å². The first-order valence-corrected chi connectivity index (χ1v) is 6.79. The fraction of sp³-hybridized carbons (Fsp3) is 0.0667. The molecule has 1 aromatic carbocycles. The maximum atomic E-state index is 13.6. The summed E-state index contributed by atoms with van der Waals surface area (Å²) >= 11 is 6.05. The molecule has 22 heavy (non-hydrogen) atoms. The van der Waals surface area contributed by atoms with E-state index in [1.165, 1.54) is 6.07 Å². The number of nitrogens with two attached hydrogens (primary N) is 1. The van der Waals surface area contributed by atoms with Gasteiger partial charge in [0.25, 0.3) is 0 Å². The maximum absolute atomic E-state index is 13.6. The van der Waals surface area contributed by atoms with Crippen LogP contribution in [-0.2, 0) is 7.05 Å². The number of halogens is 2. The van der Waals surface area contributed by atoms with Crippen molar-refractivity contribution in [3.63, 3.8) is 0 Å². The van der Waals surface area contributed by atoms with Gasteiger partial charge in [0, 0.05) is 31.7 Å². The predicted molar refractivity (Wildman–Crippen MR) is 82.3 cm³/mol. The Hall–Kier alpha value is -2.60. The largest absolute Gasteiger partial charge is 0.455 e. The van der Waals surface area contributed by atoms with E-state index in [0.717, 1.165) is 6.07 Å². The Bertz CT molecular complexity index is 834. The monoisotopic (exact) mass is 318 g/mol. The molecule has 3 aromatic rings. The van der Waals surface area contributed by atoms with Gasteiger partial charge in [-0.25, -0.2) is 4.39 Å². The Morgan fingerprint density at radius 1 is 1.27 bits per heavy atom. The number of ether oxygens (including phenoxy) is 1. The highest BCUT2D eigenvalue weighted by molar-refractivity contribution is 6.32. The highest BCUT2D eigenvalue weighted by Gasteiger charge is 2.13. The Kier molecular flexibility index (Phi) is 3.68. The van der Waals surface area contributed by atoms with Crippen molar-refractivity contribution in [3.8, 4) is 22.8 Å². The van der Waals surface area contributed by atoms with Gasteiger partial charge < -0.3 is 10.5 Å². The quantitative estimate of drug-likeness (QED) is 0.749. The summed E-state index contributed by atoms with van der Waals surface area (Å²) < 4.78 is 21.0. The fourth-order valence-corrected chi connectivity index (χ4v) is 2.17. The number of aryl methyl sites for hydroxylation is 1. The van der Waals surface area contributed by atoms with Crippen molar-refractivity contribution < 1.29 is 9.13 Å². The second kappa shape index (κ2) is 5.65. The highest BCUT2D eigenvalue weighted by atomic mass is 35.5. The van der Waals surface area contributed by atoms with E-state index in [9.17, 15) is 4.39 Å². The summed E-state index contributed by atoms with van der Waals surface area (Å²) in [7, 11) is 1.81. The molecule has 5 nitrogen and oxygen atoms in total. The van der Waals surface area contributed by atoms with Crippen LogP contribution in [0.2, 0.25) is 5.02 Å². The molecule has 7 heteroatoms. The molecule has 2 aromatic heterocycles. The van der Waals surface area contributed by atoms with Crippen molar-refractivity contribution >= 4 is 17.3 Å². The summed E-state index contributed by atoms with van der Waals surface area (Å²) in [6.07, 6.45) is 5.00. The number of pyridine rings is 1. The predicted octanol–water partition coefficient (Wildman–Crippen LogP) is 3.65. The first kappa shape index (κ1) is 14.3. The number of benzene rings is 1. The van der Waals surface area contributed by atoms with E-state index in [4.69, 9.17) is 22.1 Å². The zero-order chi connectivity index (χ0) is 15.7. The Labute approximate surface area is 131 Å². The summed E-state index contributed by atoms with van der Waals surface area (Å²) in [6, 6.07) is 5.96. The average Bonchev–Trinajstić information content (AvgIpc) is 2.92. The number of nitrogens with zero attached hydrogens (tertiary/aromatic N) is 3. The lowest BCUT2D eigenvalue weighted by atomic mass is 10.2. The molecule has 0 saturated heterocycles. The molecule has 0 aliphatic heterocycles. The van der Waals surface area contributed by atoms with Crippen molar-refractivity contribution in [2.24, 2.45) is 7.05 Å². The van der Waals surface area contributed by atoms with E-state index < -0.39 is 5.82 Å². The third kappa shape index (κ3) is 2.73. The lowest BCUT2D eigenvalue weighted by Crippen LogP contribution is -1.95. The summed E-state index contributed by atoms with van der Waals surface area (Å²) in [5.41, 5.74) is 6.81. The molecule has 2 N–H and O–H groups in total. The van der Waals surface area contributed by atoms with Gasteiger partial charge in [0.2, 0.25) is 0 Å². The Balaban J connectivity index is 2.02. The van der Waals surface area contributed by atoms with Gasteiger partial charge in [0.15, 0.2) is 0 Å². The van der Waals surface area contributed by atoms with Crippen LogP contribution in [0.4, 0.5) is 10.1 Å². The molecular weight excluding hydrogens is 307 g/mol. The fourth-order valence-electron chi connectivity index (χ4n) is 1.96. The standard InChI is InChI=1S/C15H12ClFN4O/c1-21-5-3-13(20-21)9-8-19-4-2-14(9)22-15-7-11(17)12(18)6-10(15)16/h2-8H,18H2,1H3. The van der Waals surface area contributed by atoms with Gasteiger partial charge in [0.05, 0.1) is 22.0 Å². The topological polar surface area (TPSA) is 66.0 Å². The molecule has 0 aliphatic carbocycles. The van der Waals surface area contributed by atoms with Crippen LogP contribution in [0.5, 0.6) is 11.5 Å². The lowest BCUT2D eigenvalue weighted by Gasteiger charge is -2.11. The SMILES string of the molecule is Cn1ccc(-c2cnccc2Oc2cc(F)c(N)cc2Cl)n1. The number of aromatic nitrogens is 3. The van der Waals surface area contributed by atoms with Gasteiger partial charge in [-0.2, -0.15) is 5.10 Å². The number of nitrogen functional groups attached to an aromatic ring is 1. The van der Waals surface area contributed by atoms with Crippen molar-refractivity contribution in [1.82, 2.24) is 14.8 Å². The van der Waals surface area contributed by atoms with Gasteiger partial charge in [-0.05, 0) is 18.2 Å². The van der Waals surface area contributed by atoms with Gasteiger partial charge in [-0.3, -0.25) is 9.67 Å². The number of hydrogen-bond donors (Lipinski definition) is 1. The van der Waals surface area contributed by atoms with Crippen LogP contribution in [0.1, 0.15) is 0 Å². The van der Waals surface area contributed by atoms with Gasteiger partial charge in [-0.15, -0.1) is 0 Å². The first-order valence-electron chi connectivity index (χ1n) is 6.41. The van der Waals surface area contributed by atoms with E-state index >= 15 is 0 Å². The van der Waals surface area contributed by atoms with Gasteiger partial charge in [-0.1, -0.05) is 11.6 Å². The second-order valence-electron chi connectivity index (χ2n) is 4.65. The van der Waals surface area contributed by atoms with Gasteiger partial charge in [0.1, 0.15) is 17.3 Å². The van der Waals surface area contributed by atoms with E-state index in [0.29, 0.717) is 17.0 Å². The molecule has 0 atom stereocenters. The van der Waals surface area contributed by atoms with Crippen molar-refractivity contribution in [2.45, 2.75) is 0 Å². The molecule has 0 radical (unpaired) electrons. The number of rotatable bonds is 3. The van der Waals surface area contributed by atoms with Crippen LogP contribution in [0.15, 0.2) is 42.9 Å². The van der Waals surface area contributed by atoms with Crippen molar-refractivity contribution in [2.75, 3.05) is 5.73 Å². The van der Waals surface area contributed by atoms with Crippen LogP contribution >= 0.6 is 11.6 Å². The third-order valence-corrected chi connectivity index (χ3v) is 3.34. The molecule has 0 aliphatic rings. The minimum absolute atomic E-state index is 0.0305. The summed E-state index contributed by atoms with van der Waals surface area (Å²) in [4.78, 5) is 4.07. The molecule has 112 valence electrons. The molecule has 3 rings (SSSR count). The Morgan fingerprint density at radius 2 is 2.09 bits per heavy atom. The molecule has 0 amide bonds. The second-order valence-corrected chi connectivity index (χ2v) is 5.06. The number of anilines is 1. The third-order valence-electron chi connectivity index (χ3n) is 3.04. The molecule has 0 bridgehead atoms. The van der Waals surface area contributed by atoms with Gasteiger partial charge >= 0.3 is 0 Å². The molecule has 2 heterocycles. The Morgan fingerprint density at radius 3 is 2.82 bits per heavy atom. The van der Waals surface area contributed by atoms with E-state index in [2.05, 4.69) is 10.1 Å². The lowest BCUT2D eigenvalue weighted by molar-refractivity contribution is 0.478. The average molecular weight is 319 g/mol. The zero-order valence-corrected chi connectivity index (χ0v) is 12.4. The number of hydrogen-bond acceptors (Lipinski definition) is 4. The van der Waals surface area contributed by atoms with Crippen LogP contribution in [0.25, 0.3) is 11.3 Å². The maximum Gasteiger partial charge on any atom is 0.149 e. The molecule has 0 unspecified atom stereocenters. The van der Waals surface area contributed by atoms with Crippen LogP contribution in [0.3, 0.4) is 0 Å². The van der Waals surface area contributed by atoms with Crippen LogP contribution in [0, 0.1) is 5.82 Å². The van der Waals surface area contributed by atoms with E-state index in [1.54, 1.807) is 23.1 Å². The van der Waals surface area contributed by atoms with Crippen molar-refractivity contribution in [3.05, 3.63) is 53.7 Å². The van der Waals surface area contributed by atoms with E-state index in [-0.39, 0.29) is 16.5 Å². The molecular formula is C15H12ClFN4O. The zero-order valence-electron chi connectivity index (χ0n) is 11.6. The highest BCUT2D eigenvalue weighted by Crippen LogP contribution is 2.36. The molecule has 0 saturated carbocycles. The molecule has 0 fully saturated rings. The summed E-state index contributed by atoms with van der Waals surface area (Å²) in [5, 5.41) is 4.53. The first-order chi connectivity index (χ1) is 10.5. The molecule has 0 spiro atoms. The minimum atomic E-state index is -0.590. The smallest absolute Gasteiger partial charge is 0.149 e. The van der Waals surface area contributed by atoms with Crippen molar-refractivity contribution in [1.29, 1.82) is 0 Å². The minimum Gasteiger partial charge on any atom is -0.455 e. The van der Waals surface area contributed by atoms with Crippen LogP contribution < -0.4 is 10.5 Å². The van der Waals surface area contributed by atoms with E-state index in [1.807, 2.05) is 19.3 Å². The summed E-state index contributed by atoms with van der Waals surface area (Å²) in [6.45, 7) is 0.